The molecule has 12 heteroatoms. The van der Waals surface area contributed by atoms with E-state index >= 15 is 0 Å². The lowest BCUT2D eigenvalue weighted by molar-refractivity contribution is -0.114. The van der Waals surface area contributed by atoms with E-state index in [0.29, 0.717) is 18.8 Å². The molecule has 0 spiro atoms. The number of carbonyl (C=O) groups is 1. The third-order valence-electron chi connectivity index (χ3n) is 6.36. The molecule has 0 aromatic heterocycles. The highest BCUT2D eigenvalue weighted by Crippen LogP contribution is 2.31. The Morgan fingerprint density at radius 1 is 0.846 bits per heavy atom. The fraction of sp³-hybridized carbons (Fsp3) is 0.296. The van der Waals surface area contributed by atoms with Crippen LogP contribution in [-0.4, -0.2) is 60.9 Å². The van der Waals surface area contributed by atoms with E-state index in [1.165, 1.54) is 54.9 Å². The summed E-state index contributed by atoms with van der Waals surface area (Å²) in [4.78, 5) is 13.3. The van der Waals surface area contributed by atoms with Gasteiger partial charge in [-0.25, -0.2) is 16.8 Å². The van der Waals surface area contributed by atoms with Crippen LogP contribution in [0.4, 0.5) is 11.4 Å². The molecule has 0 atom stereocenters. The highest BCUT2D eigenvalue weighted by atomic mass is 32.2. The van der Waals surface area contributed by atoms with Crippen LogP contribution in [0.15, 0.2) is 82.6 Å². The summed E-state index contributed by atoms with van der Waals surface area (Å²) in [5.74, 6) is -0.0404. The number of ether oxygens (including phenoxy) is 2. The molecule has 1 aliphatic rings. The number of sulfonamides is 2. The van der Waals surface area contributed by atoms with Crippen molar-refractivity contribution in [1.29, 1.82) is 0 Å². The van der Waals surface area contributed by atoms with Gasteiger partial charge in [-0.1, -0.05) is 30.7 Å². The number of piperidine rings is 1. The maximum Gasteiger partial charge on any atom is 0.264 e. The lowest BCUT2D eigenvalue weighted by Gasteiger charge is -2.26. The first-order valence-electron chi connectivity index (χ1n) is 12.4. The molecule has 1 N–H and O–H groups in total. The number of rotatable bonds is 10. The fourth-order valence-corrected chi connectivity index (χ4v) is 7.30. The molecule has 1 heterocycles. The van der Waals surface area contributed by atoms with Gasteiger partial charge in [0.1, 0.15) is 18.0 Å². The normalized spacial score (nSPS) is 14.4. The molecule has 0 aliphatic carbocycles. The maximum atomic E-state index is 13.6. The van der Waals surface area contributed by atoms with E-state index in [2.05, 4.69) is 5.32 Å². The van der Waals surface area contributed by atoms with Crippen molar-refractivity contribution in [3.63, 3.8) is 0 Å². The molecule has 3 aromatic carbocycles. The summed E-state index contributed by atoms with van der Waals surface area (Å²) < 4.78 is 66.6. The second-order valence-corrected chi connectivity index (χ2v) is 12.7. The zero-order valence-electron chi connectivity index (χ0n) is 21.7. The van der Waals surface area contributed by atoms with E-state index in [0.717, 1.165) is 23.6 Å². The number of anilines is 2. The Bertz CT molecular complexity index is 1520. The van der Waals surface area contributed by atoms with Crippen molar-refractivity contribution in [3.05, 3.63) is 72.8 Å². The van der Waals surface area contributed by atoms with Gasteiger partial charge in [0.15, 0.2) is 0 Å². The molecule has 10 nitrogen and oxygen atoms in total. The van der Waals surface area contributed by atoms with Crippen molar-refractivity contribution in [2.24, 2.45) is 0 Å². The van der Waals surface area contributed by atoms with Crippen molar-refractivity contribution < 1.29 is 31.1 Å². The van der Waals surface area contributed by atoms with Gasteiger partial charge in [-0.15, -0.1) is 0 Å². The molecule has 1 saturated heterocycles. The van der Waals surface area contributed by atoms with Crippen LogP contribution in [0.1, 0.15) is 19.3 Å². The number of nitrogens with one attached hydrogen (secondary N) is 1. The maximum absolute atomic E-state index is 13.6. The van der Waals surface area contributed by atoms with Crippen molar-refractivity contribution in [3.8, 4) is 11.5 Å². The van der Waals surface area contributed by atoms with Crippen molar-refractivity contribution in [2.75, 3.05) is 43.5 Å². The summed E-state index contributed by atoms with van der Waals surface area (Å²) >= 11 is 0. The average Bonchev–Trinajstić information content (AvgIpc) is 2.96. The molecule has 0 saturated carbocycles. The average molecular weight is 574 g/mol. The van der Waals surface area contributed by atoms with Crippen LogP contribution >= 0.6 is 0 Å². The molecular formula is C27H31N3O7S2. The van der Waals surface area contributed by atoms with Crippen LogP contribution in [0.3, 0.4) is 0 Å². The number of amides is 1. The molecular weight excluding hydrogens is 542 g/mol. The van der Waals surface area contributed by atoms with Gasteiger partial charge in [0.2, 0.25) is 15.9 Å². The summed E-state index contributed by atoms with van der Waals surface area (Å²) in [6.07, 6.45) is 2.55. The Balaban J connectivity index is 1.66. The Morgan fingerprint density at radius 2 is 1.56 bits per heavy atom. The van der Waals surface area contributed by atoms with Gasteiger partial charge < -0.3 is 14.8 Å². The van der Waals surface area contributed by atoms with Crippen molar-refractivity contribution >= 4 is 37.3 Å². The molecule has 208 valence electrons. The summed E-state index contributed by atoms with van der Waals surface area (Å²) in [5.41, 5.74) is 0.338. The molecule has 39 heavy (non-hydrogen) atoms. The largest absolute Gasteiger partial charge is 0.497 e. The van der Waals surface area contributed by atoms with Crippen LogP contribution in [-0.2, 0) is 24.8 Å². The van der Waals surface area contributed by atoms with E-state index in [1.54, 1.807) is 36.4 Å². The molecule has 4 rings (SSSR count). The Kier molecular flexibility index (Phi) is 8.78. The SMILES string of the molecule is COc1cccc(N(CC(=O)Nc2cc(S(=O)(=O)N3CCCCC3)ccc2OC)S(=O)(=O)c2ccccc2)c1. The van der Waals surface area contributed by atoms with Gasteiger partial charge in [-0.2, -0.15) is 4.31 Å². The minimum absolute atomic E-state index is 0.00724. The predicted octanol–water partition coefficient (Wildman–Crippen LogP) is 3.71. The number of carbonyl (C=O) groups excluding carboxylic acids is 1. The summed E-state index contributed by atoms with van der Waals surface area (Å²) in [6.45, 7) is 0.280. The standard InChI is InChI=1S/C27H31N3O7S2/c1-36-22-11-9-10-21(18-22)30(39(34,35)23-12-5-3-6-13-23)20-27(31)28-25-19-24(14-15-26(25)37-2)38(32,33)29-16-7-4-8-17-29/h3,5-6,9-15,18-19H,4,7-8,16-17,20H2,1-2H3,(H,28,31). The van der Waals surface area contributed by atoms with Crippen LogP contribution in [0.5, 0.6) is 11.5 Å². The van der Waals surface area contributed by atoms with Crippen molar-refractivity contribution in [1.82, 2.24) is 4.31 Å². The topological polar surface area (TPSA) is 122 Å². The first-order valence-corrected chi connectivity index (χ1v) is 15.2. The smallest absolute Gasteiger partial charge is 0.264 e. The number of nitrogens with zero attached hydrogens (tertiary/aromatic N) is 2. The second-order valence-electron chi connectivity index (χ2n) is 8.90. The molecule has 1 aliphatic heterocycles. The lowest BCUT2D eigenvalue weighted by Crippen LogP contribution is -2.38. The minimum Gasteiger partial charge on any atom is -0.497 e. The Labute approximate surface area is 229 Å². The van der Waals surface area contributed by atoms with Gasteiger partial charge in [0.25, 0.3) is 10.0 Å². The number of methoxy groups -OCH3 is 2. The Morgan fingerprint density at radius 3 is 2.23 bits per heavy atom. The zero-order chi connectivity index (χ0) is 28.0. The summed E-state index contributed by atoms with van der Waals surface area (Å²) in [6, 6.07) is 18.4. The number of benzene rings is 3. The van der Waals surface area contributed by atoms with Crippen LogP contribution in [0.2, 0.25) is 0 Å². The van der Waals surface area contributed by atoms with Crippen LogP contribution in [0, 0.1) is 0 Å². The number of hydrogen-bond acceptors (Lipinski definition) is 7. The molecule has 1 amide bonds. The van der Waals surface area contributed by atoms with Crippen LogP contribution < -0.4 is 19.1 Å². The van der Waals surface area contributed by atoms with Gasteiger partial charge in [0.05, 0.1) is 35.4 Å². The monoisotopic (exact) mass is 573 g/mol. The van der Waals surface area contributed by atoms with Gasteiger partial charge in [0, 0.05) is 19.2 Å². The molecule has 0 bridgehead atoms. The van der Waals surface area contributed by atoms with Crippen molar-refractivity contribution in [2.45, 2.75) is 29.1 Å². The van der Waals surface area contributed by atoms with E-state index in [9.17, 15) is 21.6 Å². The first-order chi connectivity index (χ1) is 18.7. The third kappa shape index (κ3) is 6.35. The highest BCUT2D eigenvalue weighted by molar-refractivity contribution is 7.92. The first kappa shape index (κ1) is 28.4. The van der Waals surface area contributed by atoms with E-state index in [1.807, 2.05) is 0 Å². The lowest BCUT2D eigenvalue weighted by atomic mass is 10.2. The Hall–Kier alpha value is -3.61. The van der Waals surface area contributed by atoms with E-state index in [-0.39, 0.29) is 26.9 Å². The van der Waals surface area contributed by atoms with E-state index in [4.69, 9.17) is 9.47 Å². The molecule has 1 fully saturated rings. The molecule has 0 radical (unpaired) electrons. The number of hydrogen-bond donors (Lipinski definition) is 1. The second kappa shape index (κ2) is 12.1. The van der Waals surface area contributed by atoms with Gasteiger partial charge >= 0.3 is 0 Å². The van der Waals surface area contributed by atoms with Gasteiger partial charge in [-0.05, 0) is 55.3 Å². The summed E-state index contributed by atoms with van der Waals surface area (Å²) in [7, 11) is -5.06. The van der Waals surface area contributed by atoms with Gasteiger partial charge in [-0.3, -0.25) is 9.10 Å². The summed E-state index contributed by atoms with van der Waals surface area (Å²) in [5, 5.41) is 2.65. The quantitative estimate of drug-likeness (QED) is 0.392. The highest BCUT2D eigenvalue weighted by Gasteiger charge is 2.29. The third-order valence-corrected chi connectivity index (χ3v) is 10.0. The minimum atomic E-state index is -4.14. The fourth-order valence-electron chi connectivity index (χ4n) is 4.32. The van der Waals surface area contributed by atoms with Crippen LogP contribution in [0.25, 0.3) is 0 Å². The molecule has 0 unspecified atom stereocenters. The predicted molar refractivity (Wildman–Crippen MR) is 148 cm³/mol. The zero-order valence-corrected chi connectivity index (χ0v) is 23.4. The molecule has 3 aromatic rings. The van der Waals surface area contributed by atoms with E-state index < -0.39 is 32.5 Å².